The van der Waals surface area contributed by atoms with Crippen LogP contribution in [0.2, 0.25) is 0 Å². The number of hydrogen-bond donors (Lipinski definition) is 0. The summed E-state index contributed by atoms with van der Waals surface area (Å²) in [4.78, 5) is 0. The largest absolute Gasteiger partial charge is 0.639 e. The molecule has 20 heteroatoms. The predicted octanol–water partition coefficient (Wildman–Crippen LogP) is 8.21. The Hall–Kier alpha value is -4.91. The number of halogens is 17. The van der Waals surface area contributed by atoms with Crippen molar-refractivity contribution in [1.82, 2.24) is 0 Å². The highest BCUT2D eigenvalue weighted by atomic mass is 19.2. The molecule has 0 amide bonds. The van der Waals surface area contributed by atoms with Crippen LogP contribution >= 0.6 is 0 Å². The summed E-state index contributed by atoms with van der Waals surface area (Å²) < 4.78 is 254. The van der Waals surface area contributed by atoms with Crippen LogP contribution in [0, 0.1) is 98.9 Å². The Morgan fingerprint density at radius 3 is 1.22 bits per heavy atom. The van der Waals surface area contributed by atoms with Crippen LogP contribution < -0.4 is 14.8 Å². The van der Waals surface area contributed by atoms with Crippen molar-refractivity contribution in [3.8, 4) is 11.5 Å². The quantitative estimate of drug-likeness (QED) is 0.0613. The normalized spacial score (nSPS) is 11.6. The molecule has 0 saturated heterocycles. The number of hydrogen-bond acceptors (Lipinski definition) is 2. The second kappa shape index (κ2) is 11.2. The van der Waals surface area contributed by atoms with Crippen LogP contribution in [0.15, 0.2) is 12.1 Å². The van der Waals surface area contributed by atoms with Crippen molar-refractivity contribution in [2.75, 3.05) is 0 Å². The van der Waals surface area contributed by atoms with Gasteiger partial charge >= 0.3 is 7.12 Å². The Kier molecular flexibility index (Phi) is 7.88. The molecule has 0 atom stereocenters. The van der Waals surface area contributed by atoms with Gasteiger partial charge in [-0.05, 0) is 12.1 Å². The summed E-state index contributed by atoms with van der Waals surface area (Å²) in [5.41, 5.74) is -2.43. The summed E-state index contributed by atoms with van der Waals surface area (Å²) in [7, 11) is -3.67. The number of fused-ring (bicyclic) bond motifs is 2. The van der Waals surface area contributed by atoms with E-state index in [9.17, 15) is 61.5 Å². The van der Waals surface area contributed by atoms with Crippen molar-refractivity contribution in [3.05, 3.63) is 111 Å². The number of rotatable bonds is 5. The zero-order valence-electron chi connectivity index (χ0n) is 21.0. The highest BCUT2D eigenvalue weighted by molar-refractivity contribution is 6.63. The van der Waals surface area contributed by atoms with Crippen molar-refractivity contribution < 1.29 is 83.9 Å². The Balaban J connectivity index is 1.91. The minimum Gasteiger partial charge on any atom is -0.520 e. The summed E-state index contributed by atoms with van der Waals surface area (Å²) in [6.07, 6.45) is 0. The molecule has 5 aromatic rings. The molecule has 0 radical (unpaired) electrons. The lowest BCUT2D eigenvalue weighted by molar-refractivity contribution is 0.361. The van der Waals surface area contributed by atoms with Gasteiger partial charge in [0.25, 0.3) is 0 Å². The van der Waals surface area contributed by atoms with Gasteiger partial charge in [-0.3, -0.25) is 0 Å². The van der Waals surface area contributed by atoms with Crippen LogP contribution in [0.25, 0.3) is 21.5 Å². The summed E-state index contributed by atoms with van der Waals surface area (Å²) in [6, 6.07) is 0.127. The van der Waals surface area contributed by atoms with E-state index in [2.05, 4.69) is 9.31 Å². The lowest BCUT2D eigenvalue weighted by Gasteiger charge is -2.21. The summed E-state index contributed by atoms with van der Waals surface area (Å²) >= 11 is 0. The van der Waals surface area contributed by atoms with Gasteiger partial charge in [-0.1, -0.05) is 0 Å². The number of benzene rings is 5. The third kappa shape index (κ3) is 4.52. The van der Waals surface area contributed by atoms with Crippen LogP contribution in [-0.4, -0.2) is 7.12 Å². The maximum absolute atomic E-state index is 15.6. The molecule has 5 aromatic carbocycles. The van der Waals surface area contributed by atoms with E-state index in [1.165, 1.54) is 0 Å². The maximum Gasteiger partial charge on any atom is 0.639 e. The topological polar surface area (TPSA) is 18.5 Å². The first-order chi connectivity index (χ1) is 21.4. The first-order valence-corrected chi connectivity index (χ1v) is 11.5. The van der Waals surface area contributed by atoms with Gasteiger partial charge in [0.05, 0.1) is 27.0 Å². The Morgan fingerprint density at radius 2 is 0.717 bits per heavy atom. The van der Waals surface area contributed by atoms with E-state index in [-0.39, 0.29) is 12.1 Å². The van der Waals surface area contributed by atoms with Crippen LogP contribution in [-0.2, 0) is 0 Å². The van der Waals surface area contributed by atoms with E-state index < -0.39 is 145 Å². The zero-order valence-corrected chi connectivity index (χ0v) is 21.0. The molecule has 2 nitrogen and oxygen atoms in total. The standard InChI is InChI=1S/C26H2BF17O2/c28-3-1-2-4(11(30)10(3)29)45-27(9-17(36)22(41)24(43)23(42)18(9)37)46-26-8-7(16(35)21(40)25(26)44)12(31)5-6(13(8)32)15(34)20(39)19(38)14(5)33/h1-2H. The van der Waals surface area contributed by atoms with E-state index in [1.807, 2.05) is 0 Å². The van der Waals surface area contributed by atoms with E-state index >= 15 is 13.2 Å². The summed E-state index contributed by atoms with van der Waals surface area (Å²) in [5.74, 6) is -50.5. The van der Waals surface area contributed by atoms with Gasteiger partial charge in [0, 0.05) is 0 Å². The lowest BCUT2D eigenvalue weighted by atomic mass is 9.77. The third-order valence-corrected chi connectivity index (χ3v) is 6.36. The SMILES string of the molecule is Fc1ccc(OB(Oc2c(F)c(F)c(F)c3c(F)c4c(F)c(F)c(F)c(F)c4c(F)c23)c2c(F)c(F)c(F)c(F)c2F)c(F)c1F. The smallest absolute Gasteiger partial charge is 0.520 e. The molecular formula is C26H2BF17O2. The highest BCUT2D eigenvalue weighted by Gasteiger charge is 2.42. The van der Waals surface area contributed by atoms with Gasteiger partial charge in [0.15, 0.2) is 81.4 Å². The van der Waals surface area contributed by atoms with Crippen LogP contribution in [0.5, 0.6) is 11.5 Å². The van der Waals surface area contributed by atoms with Crippen molar-refractivity contribution in [2.24, 2.45) is 0 Å². The van der Waals surface area contributed by atoms with Gasteiger partial charge in [-0.2, -0.15) is 8.78 Å². The second-order valence-corrected chi connectivity index (χ2v) is 8.88. The summed E-state index contributed by atoms with van der Waals surface area (Å²) in [6.45, 7) is 0. The molecule has 0 aliphatic rings. The van der Waals surface area contributed by atoms with Gasteiger partial charge in [0.2, 0.25) is 11.6 Å². The molecule has 0 bridgehead atoms. The van der Waals surface area contributed by atoms with Gasteiger partial charge in [-0.15, -0.1) is 0 Å². The third-order valence-electron chi connectivity index (χ3n) is 6.36. The van der Waals surface area contributed by atoms with Gasteiger partial charge in [0.1, 0.15) is 17.4 Å². The summed E-state index contributed by atoms with van der Waals surface area (Å²) in [5, 5.41) is -9.04. The van der Waals surface area contributed by atoms with Crippen molar-refractivity contribution in [3.63, 3.8) is 0 Å². The van der Waals surface area contributed by atoms with E-state index in [1.54, 1.807) is 0 Å². The lowest BCUT2D eigenvalue weighted by Crippen LogP contribution is -2.48. The molecule has 0 saturated carbocycles. The highest BCUT2D eigenvalue weighted by Crippen LogP contribution is 2.43. The molecule has 240 valence electrons. The minimum absolute atomic E-state index is 0.0447. The maximum atomic E-state index is 15.6. The first-order valence-electron chi connectivity index (χ1n) is 11.5. The van der Waals surface area contributed by atoms with Crippen molar-refractivity contribution in [1.29, 1.82) is 0 Å². The van der Waals surface area contributed by atoms with Crippen LogP contribution in [0.3, 0.4) is 0 Å². The molecule has 0 fully saturated rings. The Bertz CT molecular complexity index is 2120. The molecule has 0 spiro atoms. The fourth-order valence-corrected chi connectivity index (χ4v) is 4.25. The molecule has 0 N–H and O–H groups in total. The Labute approximate surface area is 241 Å². The zero-order chi connectivity index (χ0) is 34.3. The Morgan fingerprint density at radius 1 is 0.326 bits per heavy atom. The van der Waals surface area contributed by atoms with Gasteiger partial charge in [-0.25, -0.2) is 65.9 Å². The molecule has 0 unspecified atom stereocenters. The van der Waals surface area contributed by atoms with Crippen molar-refractivity contribution >= 4 is 34.1 Å². The molecule has 0 aliphatic carbocycles. The molecule has 5 rings (SSSR count). The van der Waals surface area contributed by atoms with Crippen LogP contribution in [0.4, 0.5) is 74.6 Å². The fourth-order valence-electron chi connectivity index (χ4n) is 4.25. The molecule has 46 heavy (non-hydrogen) atoms. The predicted molar refractivity (Wildman–Crippen MR) is 120 cm³/mol. The van der Waals surface area contributed by atoms with Crippen LogP contribution in [0.1, 0.15) is 0 Å². The van der Waals surface area contributed by atoms with E-state index in [4.69, 9.17) is 0 Å². The average Bonchev–Trinajstić information content (AvgIpc) is 3.02. The van der Waals surface area contributed by atoms with E-state index in [0.29, 0.717) is 0 Å². The minimum atomic E-state index is -3.67. The van der Waals surface area contributed by atoms with Crippen molar-refractivity contribution in [2.45, 2.75) is 0 Å². The first kappa shape index (κ1) is 32.5. The van der Waals surface area contributed by atoms with E-state index in [0.717, 1.165) is 0 Å². The fraction of sp³-hybridized carbons (Fsp3) is 0. The second-order valence-electron chi connectivity index (χ2n) is 8.88. The molecule has 0 heterocycles. The molecule has 0 aliphatic heterocycles. The monoisotopic (exact) mass is 680 g/mol. The molecular weight excluding hydrogens is 678 g/mol. The average molecular weight is 680 g/mol. The molecule has 0 aromatic heterocycles. The van der Waals surface area contributed by atoms with Gasteiger partial charge < -0.3 is 9.31 Å².